The van der Waals surface area contributed by atoms with Crippen molar-refractivity contribution in [3.05, 3.63) is 59.7 Å². The SMILES string of the molecule is COc1ccc(C)cc1NC(=O)CSc1nnc(CNc2ccc(F)cc2)n1CC1CCCO1. The van der Waals surface area contributed by atoms with E-state index in [-0.39, 0.29) is 23.6 Å². The number of halogens is 1. The van der Waals surface area contributed by atoms with E-state index in [4.69, 9.17) is 9.47 Å². The predicted molar refractivity (Wildman–Crippen MR) is 130 cm³/mol. The average molecular weight is 486 g/mol. The van der Waals surface area contributed by atoms with E-state index in [0.717, 1.165) is 36.5 Å². The van der Waals surface area contributed by atoms with Gasteiger partial charge in [-0.05, 0) is 61.7 Å². The highest BCUT2D eigenvalue weighted by Crippen LogP contribution is 2.26. The number of rotatable bonds is 10. The lowest BCUT2D eigenvalue weighted by atomic mass is 10.2. The number of benzene rings is 2. The van der Waals surface area contributed by atoms with Gasteiger partial charge in [-0.15, -0.1) is 10.2 Å². The van der Waals surface area contributed by atoms with Crippen LogP contribution in [0.25, 0.3) is 0 Å². The molecule has 1 unspecified atom stereocenters. The van der Waals surface area contributed by atoms with E-state index in [9.17, 15) is 9.18 Å². The second kappa shape index (κ2) is 11.3. The first-order valence-electron chi connectivity index (χ1n) is 11.1. The molecule has 1 saturated heterocycles. The Morgan fingerprint density at radius 2 is 2.09 bits per heavy atom. The van der Waals surface area contributed by atoms with Crippen molar-refractivity contribution >= 4 is 29.0 Å². The van der Waals surface area contributed by atoms with Crippen molar-refractivity contribution in [3.63, 3.8) is 0 Å². The van der Waals surface area contributed by atoms with Gasteiger partial charge in [-0.2, -0.15) is 0 Å². The minimum atomic E-state index is -0.285. The zero-order valence-electron chi connectivity index (χ0n) is 19.2. The smallest absolute Gasteiger partial charge is 0.234 e. The van der Waals surface area contributed by atoms with E-state index >= 15 is 0 Å². The highest BCUT2D eigenvalue weighted by Gasteiger charge is 2.21. The normalized spacial score (nSPS) is 15.3. The molecule has 0 radical (unpaired) electrons. The second-order valence-electron chi connectivity index (χ2n) is 8.05. The molecule has 0 aliphatic carbocycles. The van der Waals surface area contributed by atoms with Crippen LogP contribution in [0.5, 0.6) is 5.75 Å². The number of carbonyl (C=O) groups excluding carboxylic acids is 1. The van der Waals surface area contributed by atoms with E-state index in [0.29, 0.717) is 29.7 Å². The van der Waals surface area contributed by atoms with Crippen LogP contribution in [0, 0.1) is 12.7 Å². The van der Waals surface area contributed by atoms with Crippen molar-refractivity contribution in [3.8, 4) is 5.75 Å². The fourth-order valence-corrected chi connectivity index (χ4v) is 4.48. The molecule has 1 aromatic heterocycles. The lowest BCUT2D eigenvalue weighted by molar-refractivity contribution is -0.113. The summed E-state index contributed by atoms with van der Waals surface area (Å²) in [6, 6.07) is 11.8. The Morgan fingerprint density at radius 3 is 2.82 bits per heavy atom. The molecule has 0 bridgehead atoms. The molecule has 2 heterocycles. The maximum Gasteiger partial charge on any atom is 0.234 e. The molecule has 2 aromatic carbocycles. The number of amides is 1. The average Bonchev–Trinajstić information content (AvgIpc) is 3.48. The molecule has 1 amide bonds. The Bertz CT molecular complexity index is 1120. The number of methoxy groups -OCH3 is 1. The van der Waals surface area contributed by atoms with Gasteiger partial charge in [0.25, 0.3) is 0 Å². The second-order valence-corrected chi connectivity index (χ2v) is 8.99. The number of aromatic nitrogens is 3. The molecule has 1 atom stereocenters. The van der Waals surface area contributed by atoms with Crippen LogP contribution < -0.4 is 15.4 Å². The van der Waals surface area contributed by atoms with Gasteiger partial charge in [-0.1, -0.05) is 17.8 Å². The molecule has 1 aliphatic rings. The molecule has 8 nitrogen and oxygen atoms in total. The summed E-state index contributed by atoms with van der Waals surface area (Å²) in [4.78, 5) is 12.7. The van der Waals surface area contributed by atoms with E-state index in [1.165, 1.54) is 23.9 Å². The summed E-state index contributed by atoms with van der Waals surface area (Å²) in [6.07, 6.45) is 2.09. The summed E-state index contributed by atoms with van der Waals surface area (Å²) >= 11 is 1.32. The molecule has 1 fully saturated rings. The van der Waals surface area contributed by atoms with Gasteiger partial charge in [-0.25, -0.2) is 4.39 Å². The van der Waals surface area contributed by atoms with Crippen LogP contribution in [-0.4, -0.2) is 46.2 Å². The highest BCUT2D eigenvalue weighted by atomic mass is 32.2. The predicted octanol–water partition coefficient (Wildman–Crippen LogP) is 4.26. The van der Waals surface area contributed by atoms with Gasteiger partial charge < -0.3 is 24.7 Å². The Hall–Kier alpha value is -3.11. The van der Waals surface area contributed by atoms with Gasteiger partial charge in [0.1, 0.15) is 11.6 Å². The third kappa shape index (κ3) is 6.27. The van der Waals surface area contributed by atoms with Gasteiger partial charge in [0.05, 0.1) is 37.7 Å². The summed E-state index contributed by atoms with van der Waals surface area (Å²) in [5.41, 5.74) is 2.45. The van der Waals surface area contributed by atoms with Crippen LogP contribution in [-0.2, 0) is 22.6 Å². The van der Waals surface area contributed by atoms with Crippen LogP contribution in [0.3, 0.4) is 0 Å². The van der Waals surface area contributed by atoms with Crippen molar-refractivity contribution in [2.75, 3.05) is 30.1 Å². The van der Waals surface area contributed by atoms with Gasteiger partial charge in [0, 0.05) is 12.3 Å². The Balaban J connectivity index is 1.43. The van der Waals surface area contributed by atoms with Crippen molar-refractivity contribution in [2.45, 2.75) is 44.1 Å². The van der Waals surface area contributed by atoms with E-state index in [1.807, 2.05) is 29.7 Å². The lowest BCUT2D eigenvalue weighted by Crippen LogP contribution is -2.20. The molecule has 2 N–H and O–H groups in total. The molecule has 0 spiro atoms. The molecule has 4 rings (SSSR count). The lowest BCUT2D eigenvalue weighted by Gasteiger charge is -2.15. The van der Waals surface area contributed by atoms with Gasteiger partial charge >= 0.3 is 0 Å². The Labute approximate surface area is 202 Å². The number of carbonyl (C=O) groups is 1. The van der Waals surface area contributed by atoms with Gasteiger partial charge in [0.15, 0.2) is 11.0 Å². The number of nitrogens with zero attached hydrogens (tertiary/aromatic N) is 3. The number of thioether (sulfide) groups is 1. The largest absolute Gasteiger partial charge is 0.495 e. The summed E-state index contributed by atoms with van der Waals surface area (Å²) in [5, 5.41) is 15.5. The van der Waals surface area contributed by atoms with Crippen LogP contribution in [0.2, 0.25) is 0 Å². The molecule has 180 valence electrons. The van der Waals surface area contributed by atoms with E-state index in [1.54, 1.807) is 19.2 Å². The maximum absolute atomic E-state index is 13.2. The van der Waals surface area contributed by atoms with Crippen LogP contribution in [0.4, 0.5) is 15.8 Å². The fourth-order valence-electron chi connectivity index (χ4n) is 3.72. The number of aryl methyl sites for hydroxylation is 1. The quantitative estimate of drug-likeness (QED) is 0.415. The van der Waals surface area contributed by atoms with Crippen LogP contribution >= 0.6 is 11.8 Å². The van der Waals surface area contributed by atoms with Crippen molar-refractivity contribution in [1.29, 1.82) is 0 Å². The first-order valence-corrected chi connectivity index (χ1v) is 12.1. The monoisotopic (exact) mass is 485 g/mol. The standard InChI is InChI=1S/C24H28FN5O3S/c1-16-5-10-21(32-2)20(12-16)27-23(31)15-34-24-29-28-22(30(24)14-19-4-3-11-33-19)13-26-18-8-6-17(25)7-9-18/h5-10,12,19,26H,3-4,11,13-15H2,1-2H3,(H,27,31). The Kier molecular flexibility index (Phi) is 8.02. The third-order valence-electron chi connectivity index (χ3n) is 5.46. The van der Waals surface area contributed by atoms with Crippen LogP contribution in [0.15, 0.2) is 47.6 Å². The molecule has 34 heavy (non-hydrogen) atoms. The number of hydrogen-bond donors (Lipinski definition) is 2. The summed E-state index contributed by atoms with van der Waals surface area (Å²) in [5.74, 6) is 1.06. The van der Waals surface area contributed by atoms with Crippen molar-refractivity contribution < 1.29 is 18.7 Å². The minimum Gasteiger partial charge on any atom is -0.495 e. The first kappa shape index (κ1) is 24.0. The van der Waals surface area contributed by atoms with E-state index < -0.39 is 0 Å². The molecular formula is C24H28FN5O3S. The molecule has 3 aromatic rings. The summed E-state index contributed by atoms with van der Waals surface area (Å²) in [7, 11) is 1.57. The minimum absolute atomic E-state index is 0.0882. The number of nitrogens with one attached hydrogen (secondary N) is 2. The van der Waals surface area contributed by atoms with Gasteiger partial charge in [-0.3, -0.25) is 4.79 Å². The number of ether oxygens (including phenoxy) is 2. The highest BCUT2D eigenvalue weighted by molar-refractivity contribution is 7.99. The Morgan fingerprint density at radius 1 is 1.26 bits per heavy atom. The van der Waals surface area contributed by atoms with Crippen molar-refractivity contribution in [1.82, 2.24) is 14.8 Å². The van der Waals surface area contributed by atoms with Crippen molar-refractivity contribution in [2.24, 2.45) is 0 Å². The number of hydrogen-bond acceptors (Lipinski definition) is 7. The van der Waals surface area contributed by atoms with Gasteiger partial charge in [0.2, 0.25) is 5.91 Å². The summed E-state index contributed by atoms with van der Waals surface area (Å²) < 4.78 is 26.3. The first-order chi connectivity index (χ1) is 16.5. The zero-order valence-corrected chi connectivity index (χ0v) is 20.0. The molecule has 10 heteroatoms. The number of anilines is 2. The zero-order chi connectivity index (χ0) is 23.9. The summed E-state index contributed by atoms with van der Waals surface area (Å²) in [6.45, 7) is 3.74. The maximum atomic E-state index is 13.2. The topological polar surface area (TPSA) is 90.3 Å². The fraction of sp³-hybridized carbons (Fsp3) is 0.375. The third-order valence-corrected chi connectivity index (χ3v) is 6.43. The van der Waals surface area contributed by atoms with Crippen LogP contribution in [0.1, 0.15) is 24.2 Å². The molecule has 1 aliphatic heterocycles. The molecular weight excluding hydrogens is 457 g/mol. The molecule has 0 saturated carbocycles. The van der Waals surface area contributed by atoms with E-state index in [2.05, 4.69) is 20.8 Å².